The Morgan fingerprint density at radius 1 is 1.06 bits per heavy atom. The number of nitrogens with zero attached hydrogens (tertiary/aromatic N) is 1. The van der Waals surface area contributed by atoms with Gasteiger partial charge in [0.1, 0.15) is 11.6 Å². The molecule has 0 fully saturated rings. The van der Waals surface area contributed by atoms with Gasteiger partial charge in [-0.15, -0.1) is 0 Å². The maximum absolute atomic E-state index is 14.3. The first-order chi connectivity index (χ1) is 15.2. The van der Waals surface area contributed by atoms with Crippen molar-refractivity contribution in [3.05, 3.63) is 93.5 Å². The van der Waals surface area contributed by atoms with E-state index in [0.717, 1.165) is 17.7 Å². The van der Waals surface area contributed by atoms with Crippen molar-refractivity contribution in [1.29, 1.82) is 0 Å². The summed E-state index contributed by atoms with van der Waals surface area (Å²) in [5, 5.41) is 0.0773. The highest BCUT2D eigenvalue weighted by Gasteiger charge is 2.29. The van der Waals surface area contributed by atoms with E-state index in [1.54, 1.807) is 25.1 Å². The average molecular weight is 476 g/mol. The lowest BCUT2D eigenvalue weighted by Gasteiger charge is -2.31. The Hall–Kier alpha value is -2.77. The summed E-state index contributed by atoms with van der Waals surface area (Å²) >= 11 is 6.16. The maximum Gasteiger partial charge on any atom is 0.264 e. The van der Waals surface area contributed by atoms with Crippen molar-refractivity contribution in [2.75, 3.05) is 10.8 Å². The van der Waals surface area contributed by atoms with Crippen LogP contribution in [0, 0.1) is 18.6 Å². The lowest BCUT2D eigenvalue weighted by atomic mass is 9.97. The van der Waals surface area contributed by atoms with E-state index in [2.05, 4.69) is 0 Å². The van der Waals surface area contributed by atoms with E-state index in [9.17, 15) is 22.0 Å². The number of hydrogen-bond acceptors (Lipinski definition) is 3. The van der Waals surface area contributed by atoms with Crippen LogP contribution in [0.5, 0.6) is 0 Å². The summed E-state index contributed by atoms with van der Waals surface area (Å²) in [4.78, 5) is 12.8. The molecule has 0 saturated heterocycles. The highest BCUT2D eigenvalue weighted by molar-refractivity contribution is 7.92. The number of sulfonamides is 1. The van der Waals surface area contributed by atoms with Gasteiger partial charge in [-0.2, -0.15) is 0 Å². The number of carbonyl (C=O) groups is 1. The van der Waals surface area contributed by atoms with Crippen LogP contribution in [0.3, 0.4) is 0 Å². The number of benzene rings is 3. The van der Waals surface area contributed by atoms with Crippen LogP contribution in [0.15, 0.2) is 59.5 Å². The van der Waals surface area contributed by atoms with Gasteiger partial charge in [0.15, 0.2) is 5.78 Å². The predicted octanol–water partition coefficient (Wildman–Crippen LogP) is 5.49. The van der Waals surface area contributed by atoms with Crippen molar-refractivity contribution in [3.8, 4) is 0 Å². The molecule has 0 spiro atoms. The van der Waals surface area contributed by atoms with Crippen LogP contribution in [0.2, 0.25) is 5.02 Å². The van der Waals surface area contributed by atoms with Crippen molar-refractivity contribution >= 4 is 33.1 Å². The van der Waals surface area contributed by atoms with Gasteiger partial charge in [0.2, 0.25) is 0 Å². The van der Waals surface area contributed by atoms with E-state index in [1.807, 2.05) is 0 Å². The SMILES string of the molecule is Cc1ccc(F)c(C(=O)Cc2ccc3c(c2)N(S(=O)(=O)c2ccc(F)cc2)CCC3)c1Cl. The molecule has 0 aromatic heterocycles. The number of fused-ring (bicyclic) bond motifs is 1. The van der Waals surface area contributed by atoms with Gasteiger partial charge in [-0.05, 0) is 72.9 Å². The summed E-state index contributed by atoms with van der Waals surface area (Å²) < 4.78 is 55.3. The minimum absolute atomic E-state index is 0.0122. The van der Waals surface area contributed by atoms with Gasteiger partial charge in [0, 0.05) is 13.0 Å². The van der Waals surface area contributed by atoms with Gasteiger partial charge in [-0.1, -0.05) is 29.8 Å². The zero-order valence-corrected chi connectivity index (χ0v) is 18.8. The molecule has 4 rings (SSSR count). The highest BCUT2D eigenvalue weighted by Crippen LogP contribution is 2.34. The third kappa shape index (κ3) is 4.14. The number of aryl methyl sites for hydroxylation is 2. The molecule has 3 aromatic rings. The molecule has 0 bridgehead atoms. The molecule has 166 valence electrons. The quantitative estimate of drug-likeness (QED) is 0.458. The van der Waals surface area contributed by atoms with E-state index in [1.165, 1.54) is 28.6 Å². The van der Waals surface area contributed by atoms with Crippen molar-refractivity contribution < 1.29 is 22.0 Å². The van der Waals surface area contributed by atoms with E-state index in [4.69, 9.17) is 11.6 Å². The monoisotopic (exact) mass is 475 g/mol. The minimum Gasteiger partial charge on any atom is -0.294 e. The number of Topliss-reactive ketones (excluding diaryl/α,β-unsaturated/α-hetero) is 1. The van der Waals surface area contributed by atoms with Gasteiger partial charge in [0.05, 0.1) is 21.2 Å². The zero-order valence-electron chi connectivity index (χ0n) is 17.2. The molecule has 1 heterocycles. The predicted molar refractivity (Wildman–Crippen MR) is 120 cm³/mol. The summed E-state index contributed by atoms with van der Waals surface area (Å²) in [5.74, 6) is -1.70. The fraction of sp³-hybridized carbons (Fsp3) is 0.208. The first-order valence-corrected chi connectivity index (χ1v) is 11.9. The first kappa shape index (κ1) is 22.4. The van der Waals surface area contributed by atoms with Gasteiger partial charge in [-0.3, -0.25) is 9.10 Å². The largest absolute Gasteiger partial charge is 0.294 e. The molecule has 4 nitrogen and oxygen atoms in total. The van der Waals surface area contributed by atoms with Crippen LogP contribution in [-0.4, -0.2) is 20.7 Å². The molecule has 8 heteroatoms. The number of hydrogen-bond donors (Lipinski definition) is 0. The first-order valence-electron chi connectivity index (χ1n) is 10.1. The lowest BCUT2D eigenvalue weighted by Crippen LogP contribution is -2.35. The normalized spacial score (nSPS) is 13.7. The van der Waals surface area contributed by atoms with E-state index >= 15 is 0 Å². The number of carbonyl (C=O) groups excluding carboxylic acids is 1. The molecule has 0 unspecified atom stereocenters. The molecule has 0 saturated carbocycles. The maximum atomic E-state index is 14.3. The Morgan fingerprint density at radius 3 is 2.50 bits per heavy atom. The number of rotatable bonds is 5. The average Bonchev–Trinajstić information content (AvgIpc) is 2.76. The van der Waals surface area contributed by atoms with Crippen LogP contribution in [0.4, 0.5) is 14.5 Å². The van der Waals surface area contributed by atoms with E-state index in [-0.39, 0.29) is 28.4 Å². The van der Waals surface area contributed by atoms with Gasteiger partial charge >= 0.3 is 0 Å². The Morgan fingerprint density at radius 2 is 1.78 bits per heavy atom. The Labute approximate surface area is 190 Å². The molecular formula is C24H20ClF2NO3S. The Bertz CT molecular complexity index is 1310. The summed E-state index contributed by atoms with van der Waals surface area (Å²) in [6.07, 6.45) is 1.20. The Balaban J connectivity index is 1.69. The molecule has 0 N–H and O–H groups in total. The van der Waals surface area contributed by atoms with E-state index in [0.29, 0.717) is 29.7 Å². The molecule has 1 aliphatic heterocycles. The summed E-state index contributed by atoms with van der Waals surface area (Å²) in [5.41, 5.74) is 2.28. The Kier molecular flexibility index (Phi) is 6.05. The second kappa shape index (κ2) is 8.64. The lowest BCUT2D eigenvalue weighted by molar-refractivity contribution is 0.0989. The van der Waals surface area contributed by atoms with Gasteiger partial charge < -0.3 is 0 Å². The zero-order chi connectivity index (χ0) is 23.0. The van der Waals surface area contributed by atoms with Crippen molar-refractivity contribution in [3.63, 3.8) is 0 Å². The third-order valence-corrected chi connectivity index (χ3v) is 7.87. The summed E-state index contributed by atoms with van der Waals surface area (Å²) in [6.45, 7) is 1.96. The smallest absolute Gasteiger partial charge is 0.264 e. The second-order valence-electron chi connectivity index (χ2n) is 7.75. The standard InChI is InChI=1S/C24H20ClF2NO3S/c1-15-4-11-20(27)23(24(15)25)22(29)14-16-5-6-17-3-2-12-28(21(17)13-16)32(30,31)19-9-7-18(26)8-10-19/h4-11,13H,2-3,12,14H2,1H3. The third-order valence-electron chi connectivity index (χ3n) is 5.56. The molecule has 0 amide bonds. The molecule has 0 radical (unpaired) electrons. The highest BCUT2D eigenvalue weighted by atomic mass is 35.5. The number of halogens is 3. The van der Waals surface area contributed by atoms with E-state index < -0.39 is 27.4 Å². The number of anilines is 1. The number of ketones is 1. The van der Waals surface area contributed by atoms with Crippen LogP contribution < -0.4 is 4.31 Å². The molecule has 0 atom stereocenters. The van der Waals surface area contributed by atoms with Gasteiger partial charge in [-0.25, -0.2) is 17.2 Å². The van der Waals surface area contributed by atoms with Crippen LogP contribution in [0.25, 0.3) is 0 Å². The van der Waals surface area contributed by atoms with Crippen molar-refractivity contribution in [1.82, 2.24) is 0 Å². The van der Waals surface area contributed by atoms with Crippen LogP contribution in [0.1, 0.15) is 33.5 Å². The topological polar surface area (TPSA) is 54.5 Å². The molecule has 1 aliphatic rings. The summed E-state index contributed by atoms with van der Waals surface area (Å²) in [7, 11) is -3.91. The van der Waals surface area contributed by atoms with Crippen molar-refractivity contribution in [2.45, 2.75) is 31.1 Å². The second-order valence-corrected chi connectivity index (χ2v) is 9.99. The summed E-state index contributed by atoms with van der Waals surface area (Å²) in [6, 6.07) is 12.6. The fourth-order valence-corrected chi connectivity index (χ4v) is 5.66. The van der Waals surface area contributed by atoms with Crippen LogP contribution >= 0.6 is 11.6 Å². The van der Waals surface area contributed by atoms with Gasteiger partial charge in [0.25, 0.3) is 10.0 Å². The molecular weight excluding hydrogens is 456 g/mol. The van der Waals surface area contributed by atoms with Crippen molar-refractivity contribution in [2.24, 2.45) is 0 Å². The fourth-order valence-electron chi connectivity index (χ4n) is 3.87. The minimum atomic E-state index is -3.91. The molecule has 3 aromatic carbocycles. The van der Waals surface area contributed by atoms with Crippen LogP contribution in [-0.2, 0) is 22.9 Å². The molecule has 32 heavy (non-hydrogen) atoms. The molecule has 0 aliphatic carbocycles.